The standard InChI is InChI=1S/C16H24N4O3S.ClH/c1-12-11-24-16(23)19(12)7-4-14(21)18-6-2-3-13(10-18)20-8-5-17-9-15(20)22;/h11,13,17H,2-10H2,1H3;1H. The van der Waals surface area contributed by atoms with Crippen molar-refractivity contribution in [2.45, 2.75) is 38.8 Å². The van der Waals surface area contributed by atoms with Gasteiger partial charge in [0.15, 0.2) is 0 Å². The number of piperidine rings is 1. The zero-order valence-electron chi connectivity index (χ0n) is 14.4. The number of carbonyl (C=O) groups is 2. The fourth-order valence-corrected chi connectivity index (χ4v) is 4.24. The fraction of sp³-hybridized carbons (Fsp3) is 0.688. The van der Waals surface area contributed by atoms with Gasteiger partial charge in [0.25, 0.3) is 0 Å². The summed E-state index contributed by atoms with van der Waals surface area (Å²) >= 11 is 1.17. The lowest BCUT2D eigenvalue weighted by atomic mass is 10.0. The third-order valence-corrected chi connectivity index (χ3v) is 5.72. The van der Waals surface area contributed by atoms with Crippen LogP contribution in [0.5, 0.6) is 0 Å². The van der Waals surface area contributed by atoms with Crippen molar-refractivity contribution in [3.63, 3.8) is 0 Å². The Bertz CT molecular complexity index is 675. The summed E-state index contributed by atoms with van der Waals surface area (Å²) in [5.74, 6) is 0.195. The monoisotopic (exact) mass is 388 g/mol. The highest BCUT2D eigenvalue weighted by Crippen LogP contribution is 2.18. The van der Waals surface area contributed by atoms with Gasteiger partial charge in [-0.3, -0.25) is 14.4 Å². The van der Waals surface area contributed by atoms with Crippen LogP contribution in [-0.2, 0) is 16.1 Å². The first-order chi connectivity index (χ1) is 11.6. The maximum absolute atomic E-state index is 12.5. The molecule has 1 aromatic rings. The third-order valence-electron chi connectivity index (χ3n) is 4.84. The molecule has 2 amide bonds. The molecule has 0 radical (unpaired) electrons. The van der Waals surface area contributed by atoms with Crippen molar-refractivity contribution < 1.29 is 9.59 Å². The normalized spacial score (nSPS) is 21.2. The molecule has 1 unspecified atom stereocenters. The van der Waals surface area contributed by atoms with E-state index in [1.54, 1.807) is 4.57 Å². The molecule has 0 spiro atoms. The molecular weight excluding hydrogens is 364 g/mol. The minimum Gasteiger partial charge on any atom is -0.341 e. The Labute approximate surface area is 157 Å². The molecule has 1 aromatic heterocycles. The summed E-state index contributed by atoms with van der Waals surface area (Å²) in [6, 6.07) is 0.128. The molecule has 0 aromatic carbocycles. The summed E-state index contributed by atoms with van der Waals surface area (Å²) < 4.78 is 1.66. The summed E-state index contributed by atoms with van der Waals surface area (Å²) in [4.78, 5) is 40.1. The van der Waals surface area contributed by atoms with E-state index >= 15 is 0 Å². The van der Waals surface area contributed by atoms with Crippen LogP contribution < -0.4 is 10.2 Å². The van der Waals surface area contributed by atoms with E-state index in [-0.39, 0.29) is 35.1 Å². The lowest BCUT2D eigenvalue weighted by Gasteiger charge is -2.41. The summed E-state index contributed by atoms with van der Waals surface area (Å²) in [6.45, 7) is 5.60. The van der Waals surface area contributed by atoms with Crippen LogP contribution in [0.1, 0.15) is 25.0 Å². The van der Waals surface area contributed by atoms with Gasteiger partial charge in [0.2, 0.25) is 11.8 Å². The molecule has 0 saturated carbocycles. The number of nitrogens with one attached hydrogen (secondary N) is 1. The molecule has 25 heavy (non-hydrogen) atoms. The third kappa shape index (κ3) is 4.62. The maximum atomic E-state index is 12.5. The minimum atomic E-state index is -0.0109. The lowest BCUT2D eigenvalue weighted by molar-refractivity contribution is -0.140. The van der Waals surface area contributed by atoms with E-state index < -0.39 is 0 Å². The zero-order chi connectivity index (χ0) is 17.1. The molecule has 3 heterocycles. The molecule has 7 nitrogen and oxygen atoms in total. The van der Waals surface area contributed by atoms with Gasteiger partial charge in [-0.25, -0.2) is 0 Å². The van der Waals surface area contributed by atoms with E-state index in [2.05, 4.69) is 5.32 Å². The first kappa shape index (κ1) is 19.9. The van der Waals surface area contributed by atoms with Crippen molar-refractivity contribution in [1.82, 2.24) is 19.7 Å². The molecule has 0 aliphatic carbocycles. The average molecular weight is 389 g/mol. The molecule has 140 valence electrons. The average Bonchev–Trinajstić information content (AvgIpc) is 2.91. The van der Waals surface area contributed by atoms with Gasteiger partial charge in [-0.05, 0) is 19.8 Å². The zero-order valence-corrected chi connectivity index (χ0v) is 16.0. The van der Waals surface area contributed by atoms with Crippen molar-refractivity contribution in [1.29, 1.82) is 0 Å². The fourth-order valence-electron chi connectivity index (χ4n) is 3.48. The Morgan fingerprint density at radius 2 is 2.16 bits per heavy atom. The topological polar surface area (TPSA) is 74.7 Å². The second-order valence-corrected chi connectivity index (χ2v) is 7.26. The molecule has 1 atom stereocenters. The van der Waals surface area contributed by atoms with E-state index in [1.165, 1.54) is 11.3 Å². The number of thiazole rings is 1. The van der Waals surface area contributed by atoms with Gasteiger partial charge in [-0.15, -0.1) is 12.4 Å². The Kier molecular flexibility index (Phi) is 7.04. The van der Waals surface area contributed by atoms with E-state index in [1.807, 2.05) is 22.1 Å². The number of rotatable bonds is 4. The highest BCUT2D eigenvalue weighted by Gasteiger charge is 2.31. The quantitative estimate of drug-likeness (QED) is 0.812. The predicted molar refractivity (Wildman–Crippen MR) is 99.4 cm³/mol. The second kappa shape index (κ2) is 8.82. The minimum absolute atomic E-state index is 0. The number of hydrogen-bond donors (Lipinski definition) is 1. The van der Waals surface area contributed by atoms with Crippen LogP contribution in [-0.4, -0.2) is 64.9 Å². The number of carbonyl (C=O) groups excluding carboxylic acids is 2. The number of halogens is 1. The number of nitrogens with zero attached hydrogens (tertiary/aromatic N) is 3. The van der Waals surface area contributed by atoms with Crippen molar-refractivity contribution in [2.24, 2.45) is 0 Å². The lowest BCUT2D eigenvalue weighted by Crippen LogP contribution is -2.57. The Hall–Kier alpha value is -1.38. The molecule has 2 aliphatic rings. The Balaban J connectivity index is 0.00000225. The summed E-state index contributed by atoms with van der Waals surface area (Å²) in [7, 11) is 0. The highest BCUT2D eigenvalue weighted by molar-refractivity contribution is 7.07. The first-order valence-corrected chi connectivity index (χ1v) is 9.37. The summed E-state index contributed by atoms with van der Waals surface area (Å²) in [5.41, 5.74) is 0.903. The van der Waals surface area contributed by atoms with Gasteiger partial charge in [0, 0.05) is 56.3 Å². The predicted octanol–water partition coefficient (Wildman–Crippen LogP) is 0.453. The molecule has 2 fully saturated rings. The van der Waals surface area contributed by atoms with Crippen LogP contribution in [0.3, 0.4) is 0 Å². The van der Waals surface area contributed by atoms with E-state index in [9.17, 15) is 14.4 Å². The van der Waals surface area contributed by atoms with Gasteiger partial charge in [-0.2, -0.15) is 0 Å². The molecule has 1 N–H and O–H groups in total. The summed E-state index contributed by atoms with van der Waals surface area (Å²) in [6.07, 6.45) is 2.21. The Morgan fingerprint density at radius 3 is 2.84 bits per heavy atom. The number of likely N-dealkylation sites (tertiary alicyclic amines) is 1. The molecule has 0 bridgehead atoms. The SMILES string of the molecule is Cc1csc(=O)n1CCC(=O)N1CCCC(N2CCNCC2=O)C1.Cl. The van der Waals surface area contributed by atoms with Gasteiger partial charge >= 0.3 is 4.87 Å². The van der Waals surface area contributed by atoms with E-state index in [0.29, 0.717) is 26.1 Å². The van der Waals surface area contributed by atoms with Crippen molar-refractivity contribution in [3.8, 4) is 0 Å². The van der Waals surface area contributed by atoms with Gasteiger partial charge in [0.05, 0.1) is 6.54 Å². The van der Waals surface area contributed by atoms with Crippen LogP contribution in [0.4, 0.5) is 0 Å². The van der Waals surface area contributed by atoms with E-state index in [0.717, 1.165) is 38.2 Å². The largest absolute Gasteiger partial charge is 0.341 e. The van der Waals surface area contributed by atoms with Crippen LogP contribution >= 0.6 is 23.7 Å². The Morgan fingerprint density at radius 1 is 1.36 bits per heavy atom. The van der Waals surface area contributed by atoms with Gasteiger partial charge in [0.1, 0.15) is 0 Å². The molecule has 2 saturated heterocycles. The number of piperazine rings is 1. The van der Waals surface area contributed by atoms with Gasteiger partial charge in [-0.1, -0.05) is 11.3 Å². The molecule has 9 heteroatoms. The van der Waals surface area contributed by atoms with Crippen LogP contribution in [0.25, 0.3) is 0 Å². The first-order valence-electron chi connectivity index (χ1n) is 8.49. The highest BCUT2D eigenvalue weighted by atomic mass is 35.5. The number of aromatic nitrogens is 1. The summed E-state index contributed by atoms with van der Waals surface area (Å²) in [5, 5.41) is 4.90. The smallest absolute Gasteiger partial charge is 0.307 e. The van der Waals surface area contributed by atoms with Crippen molar-refractivity contribution >= 4 is 35.6 Å². The van der Waals surface area contributed by atoms with E-state index in [4.69, 9.17) is 0 Å². The molecular formula is C16H25ClN4O3S. The van der Waals surface area contributed by atoms with Crippen molar-refractivity contribution in [2.75, 3.05) is 32.7 Å². The van der Waals surface area contributed by atoms with Crippen LogP contribution in [0.2, 0.25) is 0 Å². The van der Waals surface area contributed by atoms with Crippen LogP contribution in [0, 0.1) is 6.92 Å². The van der Waals surface area contributed by atoms with Crippen molar-refractivity contribution in [3.05, 3.63) is 20.7 Å². The number of hydrogen-bond acceptors (Lipinski definition) is 5. The number of aryl methyl sites for hydroxylation is 1. The van der Waals surface area contributed by atoms with Crippen LogP contribution in [0.15, 0.2) is 10.2 Å². The van der Waals surface area contributed by atoms with Gasteiger partial charge < -0.3 is 19.7 Å². The second-order valence-electron chi connectivity index (χ2n) is 6.44. The molecule has 2 aliphatic heterocycles. The molecule has 3 rings (SSSR count). The maximum Gasteiger partial charge on any atom is 0.307 e. The number of amides is 2.